The van der Waals surface area contributed by atoms with Crippen LogP contribution in [0.3, 0.4) is 0 Å². The highest BCUT2D eigenvalue weighted by Gasteiger charge is 2.44. The summed E-state index contributed by atoms with van der Waals surface area (Å²) in [6, 6.07) is 7.65. The zero-order chi connectivity index (χ0) is 24.1. The van der Waals surface area contributed by atoms with Crippen LogP contribution in [0.15, 0.2) is 24.3 Å². The maximum atomic E-state index is 13.5. The molecule has 0 radical (unpaired) electrons. The Hall–Kier alpha value is -2.17. The van der Waals surface area contributed by atoms with E-state index in [2.05, 4.69) is 9.97 Å². The minimum Gasteiger partial charge on any atom is -0.382 e. The van der Waals surface area contributed by atoms with Gasteiger partial charge in [0, 0.05) is 31.6 Å². The number of benzene rings is 1. The number of alkyl halides is 2. The molecule has 182 valence electrons. The summed E-state index contributed by atoms with van der Waals surface area (Å²) in [6.07, 6.45) is -0.818. The minimum atomic E-state index is -4.49. The van der Waals surface area contributed by atoms with E-state index in [9.17, 15) is 13.3 Å². The molecule has 0 aliphatic heterocycles. The number of imidazole rings is 1. The Bertz CT molecular complexity index is 1130. The molecule has 0 fully saturated rings. The van der Waals surface area contributed by atoms with Gasteiger partial charge >= 0.3 is 5.66 Å². The lowest BCUT2D eigenvalue weighted by molar-refractivity contribution is 0.00491. The Labute approximate surface area is 190 Å². The first kappa shape index (κ1) is 25.5. The van der Waals surface area contributed by atoms with Crippen molar-refractivity contribution in [2.45, 2.75) is 32.2 Å². The standard InChI is InChI=1S/C21H29F2N4O5P/c1-3-30-14-17-26-18-19(15-6-4-5-7-16(15)25-20(18)24)27(17)9-11-32-13-12-31-10-8-21(22,23)33(2,28)29/h4-7H,3,8-14H2,1-2H3,(H2,24,25)(H,28,29). The number of rotatable bonds is 13. The summed E-state index contributed by atoms with van der Waals surface area (Å²) in [6.45, 7) is 4.11. The second-order valence-corrected chi connectivity index (χ2v) is 9.96. The smallest absolute Gasteiger partial charge is 0.323 e. The fourth-order valence-electron chi connectivity index (χ4n) is 3.33. The molecule has 0 amide bonds. The van der Waals surface area contributed by atoms with Gasteiger partial charge in [-0.05, 0) is 13.0 Å². The van der Waals surface area contributed by atoms with Crippen molar-refractivity contribution < 1.29 is 32.4 Å². The van der Waals surface area contributed by atoms with Crippen molar-refractivity contribution in [1.29, 1.82) is 0 Å². The maximum absolute atomic E-state index is 13.5. The highest BCUT2D eigenvalue weighted by Crippen LogP contribution is 2.55. The van der Waals surface area contributed by atoms with Crippen LogP contribution in [0.25, 0.3) is 21.9 Å². The van der Waals surface area contributed by atoms with E-state index in [1.165, 1.54) is 0 Å². The molecule has 9 nitrogen and oxygen atoms in total. The normalized spacial score (nSPS) is 14.2. The van der Waals surface area contributed by atoms with Crippen LogP contribution in [-0.4, -0.2) is 64.8 Å². The van der Waals surface area contributed by atoms with Gasteiger partial charge in [0.05, 0.1) is 37.5 Å². The predicted octanol–water partition coefficient (Wildman–Crippen LogP) is 3.62. The SMILES string of the molecule is CCOCc1nc2c(N)nc3ccccc3c2n1CCOCCOCCC(F)(F)P(C)(=O)O. The van der Waals surface area contributed by atoms with Crippen molar-refractivity contribution in [2.75, 3.05) is 45.4 Å². The molecular formula is C21H29F2N4O5P. The third-order valence-corrected chi connectivity index (χ3v) is 6.55. The molecule has 0 saturated heterocycles. The van der Waals surface area contributed by atoms with Crippen LogP contribution in [0.5, 0.6) is 0 Å². The number of halogens is 2. The molecule has 2 aromatic heterocycles. The van der Waals surface area contributed by atoms with Gasteiger partial charge in [0.25, 0.3) is 7.37 Å². The summed E-state index contributed by atoms with van der Waals surface area (Å²) < 4.78 is 56.3. The molecular weight excluding hydrogens is 457 g/mol. The van der Waals surface area contributed by atoms with E-state index in [0.29, 0.717) is 50.2 Å². The number of pyridine rings is 1. The Morgan fingerprint density at radius 3 is 2.52 bits per heavy atom. The summed E-state index contributed by atoms with van der Waals surface area (Å²) in [5, 5.41) is 0.915. The summed E-state index contributed by atoms with van der Waals surface area (Å²) in [7, 11) is -4.49. The Morgan fingerprint density at radius 1 is 1.12 bits per heavy atom. The first-order valence-corrected chi connectivity index (χ1v) is 12.7. The third kappa shape index (κ3) is 6.04. The predicted molar refractivity (Wildman–Crippen MR) is 122 cm³/mol. The first-order chi connectivity index (χ1) is 15.7. The van der Waals surface area contributed by atoms with Crippen LogP contribution in [0.2, 0.25) is 0 Å². The molecule has 3 N–H and O–H groups in total. The van der Waals surface area contributed by atoms with E-state index in [4.69, 9.17) is 24.8 Å². The van der Waals surface area contributed by atoms with Crippen LogP contribution in [-0.2, 0) is 31.9 Å². The van der Waals surface area contributed by atoms with Gasteiger partial charge < -0.3 is 29.4 Å². The molecule has 0 aliphatic carbocycles. The van der Waals surface area contributed by atoms with Crippen LogP contribution in [0.1, 0.15) is 19.2 Å². The lowest BCUT2D eigenvalue weighted by Gasteiger charge is -2.19. The molecule has 1 aromatic carbocycles. The lowest BCUT2D eigenvalue weighted by atomic mass is 10.2. The zero-order valence-corrected chi connectivity index (χ0v) is 19.6. The van der Waals surface area contributed by atoms with Gasteiger partial charge in [-0.25, -0.2) is 9.97 Å². The molecule has 0 aliphatic rings. The molecule has 0 saturated carbocycles. The first-order valence-electron chi connectivity index (χ1n) is 10.6. The summed E-state index contributed by atoms with van der Waals surface area (Å²) >= 11 is 0. The molecule has 3 aromatic rings. The molecule has 0 bridgehead atoms. The lowest BCUT2D eigenvalue weighted by Crippen LogP contribution is -2.19. The molecule has 3 rings (SSSR count). The number of ether oxygens (including phenoxy) is 3. The summed E-state index contributed by atoms with van der Waals surface area (Å²) in [5.41, 5.74) is 4.70. The summed E-state index contributed by atoms with van der Waals surface area (Å²) in [5.74, 6) is 1.04. The number of hydrogen-bond acceptors (Lipinski definition) is 7. The fraction of sp³-hybridized carbons (Fsp3) is 0.524. The van der Waals surface area contributed by atoms with Crippen LogP contribution in [0, 0.1) is 0 Å². The average Bonchev–Trinajstić information content (AvgIpc) is 3.12. The fourth-order valence-corrected chi connectivity index (χ4v) is 3.84. The van der Waals surface area contributed by atoms with Crippen molar-refractivity contribution in [3.63, 3.8) is 0 Å². The Kier molecular flexibility index (Phi) is 8.36. The third-order valence-electron chi connectivity index (χ3n) is 5.11. The molecule has 1 unspecified atom stereocenters. The van der Waals surface area contributed by atoms with Gasteiger partial charge in [0.15, 0.2) is 5.82 Å². The topological polar surface area (TPSA) is 122 Å². The van der Waals surface area contributed by atoms with Crippen molar-refractivity contribution >= 4 is 35.1 Å². The largest absolute Gasteiger partial charge is 0.382 e. The molecule has 0 spiro atoms. The minimum absolute atomic E-state index is 0.0891. The molecule has 12 heteroatoms. The number of fused-ring (bicyclic) bond motifs is 3. The molecule has 1 atom stereocenters. The van der Waals surface area contributed by atoms with E-state index in [1.807, 2.05) is 35.8 Å². The molecule has 33 heavy (non-hydrogen) atoms. The van der Waals surface area contributed by atoms with Crippen molar-refractivity contribution in [3.05, 3.63) is 30.1 Å². The van der Waals surface area contributed by atoms with Gasteiger partial charge in [-0.1, -0.05) is 18.2 Å². The molecule has 2 heterocycles. The monoisotopic (exact) mass is 486 g/mol. The number of nitrogen functional groups attached to an aromatic ring is 1. The second-order valence-electron chi connectivity index (χ2n) is 7.55. The number of aromatic nitrogens is 3. The summed E-state index contributed by atoms with van der Waals surface area (Å²) in [4.78, 5) is 18.1. The van der Waals surface area contributed by atoms with Crippen molar-refractivity contribution in [1.82, 2.24) is 14.5 Å². The van der Waals surface area contributed by atoms with Gasteiger partial charge in [-0.3, -0.25) is 4.57 Å². The van der Waals surface area contributed by atoms with Gasteiger partial charge in [0.2, 0.25) is 0 Å². The highest BCUT2D eigenvalue weighted by atomic mass is 31.2. The van der Waals surface area contributed by atoms with Crippen LogP contribution < -0.4 is 5.73 Å². The van der Waals surface area contributed by atoms with E-state index < -0.39 is 19.5 Å². The van der Waals surface area contributed by atoms with E-state index in [0.717, 1.165) is 16.4 Å². The quantitative estimate of drug-likeness (QED) is 0.278. The van der Waals surface area contributed by atoms with Gasteiger partial charge in [-0.2, -0.15) is 8.78 Å². The average molecular weight is 486 g/mol. The Morgan fingerprint density at radius 2 is 1.82 bits per heavy atom. The van der Waals surface area contributed by atoms with Gasteiger partial charge in [0.1, 0.15) is 17.9 Å². The van der Waals surface area contributed by atoms with Crippen LogP contribution in [0.4, 0.5) is 14.6 Å². The van der Waals surface area contributed by atoms with Crippen molar-refractivity contribution in [2.24, 2.45) is 0 Å². The number of para-hydroxylation sites is 1. The number of nitrogens with zero attached hydrogens (tertiary/aromatic N) is 3. The highest BCUT2D eigenvalue weighted by molar-refractivity contribution is 7.58. The van der Waals surface area contributed by atoms with Gasteiger partial charge in [-0.15, -0.1) is 0 Å². The van der Waals surface area contributed by atoms with Crippen molar-refractivity contribution in [3.8, 4) is 0 Å². The maximum Gasteiger partial charge on any atom is 0.323 e. The number of anilines is 1. The zero-order valence-electron chi connectivity index (χ0n) is 18.7. The van der Waals surface area contributed by atoms with E-state index in [1.54, 1.807) is 0 Å². The van der Waals surface area contributed by atoms with E-state index >= 15 is 0 Å². The number of hydrogen-bond donors (Lipinski definition) is 2. The van der Waals surface area contributed by atoms with E-state index in [-0.39, 0.29) is 19.8 Å². The second kappa shape index (κ2) is 10.8. The van der Waals surface area contributed by atoms with Crippen LogP contribution >= 0.6 is 7.37 Å². The Balaban J connectivity index is 1.61. The number of nitrogens with two attached hydrogens (primary N) is 1.